The van der Waals surface area contributed by atoms with Gasteiger partial charge < -0.3 is 24.4 Å². The molecule has 0 spiro atoms. The second kappa shape index (κ2) is 17.0. The van der Waals surface area contributed by atoms with Crippen LogP contribution in [0.5, 0.6) is 11.5 Å². The summed E-state index contributed by atoms with van der Waals surface area (Å²) in [6, 6.07) is 7.88. The fraction of sp³-hybridized carbons (Fsp3) is 0.524. The van der Waals surface area contributed by atoms with Gasteiger partial charge in [-0.3, -0.25) is 14.6 Å². The third kappa shape index (κ3) is 8.60. The van der Waals surface area contributed by atoms with E-state index in [-0.39, 0.29) is 86.6 Å². The number of aromatic nitrogens is 1. The number of ether oxygens (including phenoxy) is 2. The number of nitriles is 1. The average Bonchev–Trinajstić information content (AvgIpc) is 3.67. The Kier molecular flexibility index (Phi) is 12.6. The second-order valence-corrected chi connectivity index (χ2v) is 16.5. The number of thiophene rings is 1. The highest BCUT2D eigenvalue weighted by atomic mass is 32.1. The van der Waals surface area contributed by atoms with Crippen LogP contribution in [0.2, 0.25) is 0 Å². The number of rotatable bonds is 13. The minimum absolute atomic E-state index is 0.000773. The van der Waals surface area contributed by atoms with Crippen LogP contribution >= 0.6 is 11.3 Å². The molecule has 6 rings (SSSR count). The third-order valence-corrected chi connectivity index (χ3v) is 13.0. The molecule has 4 heterocycles. The number of halogens is 7. The lowest BCUT2D eigenvalue weighted by Crippen LogP contribution is -2.68. The lowest BCUT2D eigenvalue weighted by molar-refractivity contribution is -0.160. The molecule has 2 aliphatic heterocycles. The molecule has 1 saturated carbocycles. The summed E-state index contributed by atoms with van der Waals surface area (Å²) in [7, 11) is 0. The Balaban J connectivity index is 1.30. The van der Waals surface area contributed by atoms with E-state index in [1.165, 1.54) is 17.0 Å². The number of amides is 2. The highest BCUT2D eigenvalue weighted by Gasteiger charge is 2.57. The number of allylic oxidation sites excluding steroid dienone is 1. The fourth-order valence-electron chi connectivity index (χ4n) is 8.78. The monoisotopic (exact) mass is 850 g/mol. The first-order valence-electron chi connectivity index (χ1n) is 19.6. The van der Waals surface area contributed by atoms with Crippen LogP contribution in [0.3, 0.4) is 0 Å². The molecule has 3 aliphatic rings. The minimum atomic E-state index is -4.94. The number of alkyl halides is 6. The molecular formula is C42H45F7N4O5S. The lowest BCUT2D eigenvalue weighted by atomic mass is 9.65. The summed E-state index contributed by atoms with van der Waals surface area (Å²) >= 11 is 0.346. The number of benzene rings is 1. The summed E-state index contributed by atoms with van der Waals surface area (Å²) in [5.74, 6) is -2.78. The van der Waals surface area contributed by atoms with E-state index < -0.39 is 63.2 Å². The molecule has 2 aromatic heterocycles. The number of aliphatic hydroxyl groups excluding tert-OH is 1. The molecule has 2 amide bonds. The van der Waals surface area contributed by atoms with Crippen molar-refractivity contribution in [3.8, 4) is 17.6 Å². The van der Waals surface area contributed by atoms with Gasteiger partial charge in [-0.15, -0.1) is 11.3 Å². The van der Waals surface area contributed by atoms with Crippen molar-refractivity contribution in [2.75, 3.05) is 26.2 Å². The van der Waals surface area contributed by atoms with E-state index in [0.29, 0.717) is 30.6 Å². The molecule has 17 heteroatoms. The summed E-state index contributed by atoms with van der Waals surface area (Å²) in [6.07, 6.45) is -4.67. The number of para-hydroxylation sites is 1. The zero-order chi connectivity index (χ0) is 42.8. The van der Waals surface area contributed by atoms with E-state index in [1.807, 2.05) is 0 Å². The average molecular weight is 851 g/mol. The SMILES string of the molecule is C=C(O)C1(CCCOc2c(F)cccc2C2(C#N)CCN(C(=O)[C@]3(Oc4csc(C(F)(F)F)c4)CCCN(C(=O)c4ncccc4C(F)(F)F)[C@@H]3CCC)CC2)CCC1. The number of aliphatic hydroxyl groups is 1. The van der Waals surface area contributed by atoms with Crippen LogP contribution in [0.4, 0.5) is 30.7 Å². The Morgan fingerprint density at radius 2 is 1.76 bits per heavy atom. The molecule has 1 aliphatic carbocycles. The van der Waals surface area contributed by atoms with Crippen LogP contribution in [-0.4, -0.2) is 69.6 Å². The van der Waals surface area contributed by atoms with Gasteiger partial charge in [-0.1, -0.05) is 38.5 Å². The van der Waals surface area contributed by atoms with Gasteiger partial charge in [0, 0.05) is 54.7 Å². The van der Waals surface area contributed by atoms with Crippen LogP contribution in [0.25, 0.3) is 0 Å². The molecule has 1 N–H and O–H groups in total. The summed E-state index contributed by atoms with van der Waals surface area (Å²) in [6.45, 7) is 5.29. The molecule has 3 fully saturated rings. The van der Waals surface area contributed by atoms with E-state index in [1.54, 1.807) is 13.0 Å². The van der Waals surface area contributed by atoms with Gasteiger partial charge in [0.05, 0.1) is 35.5 Å². The van der Waals surface area contributed by atoms with Gasteiger partial charge in [0.25, 0.3) is 11.8 Å². The van der Waals surface area contributed by atoms with Gasteiger partial charge in [0.1, 0.15) is 16.3 Å². The van der Waals surface area contributed by atoms with E-state index in [2.05, 4.69) is 17.6 Å². The Bertz CT molecular complexity index is 2070. The van der Waals surface area contributed by atoms with Crippen molar-refractivity contribution >= 4 is 23.2 Å². The van der Waals surface area contributed by atoms with Gasteiger partial charge in [0.15, 0.2) is 11.6 Å². The van der Waals surface area contributed by atoms with Crippen molar-refractivity contribution < 1.29 is 54.9 Å². The first kappa shape index (κ1) is 43.7. The maximum absolute atomic E-state index is 15.5. The van der Waals surface area contributed by atoms with Crippen LogP contribution < -0.4 is 9.47 Å². The van der Waals surface area contributed by atoms with E-state index >= 15 is 9.18 Å². The van der Waals surface area contributed by atoms with Crippen molar-refractivity contribution in [3.63, 3.8) is 0 Å². The fourth-order valence-corrected chi connectivity index (χ4v) is 9.46. The number of likely N-dealkylation sites (tertiary alicyclic amines) is 2. The largest absolute Gasteiger partial charge is 0.512 e. The van der Waals surface area contributed by atoms with Crippen LogP contribution in [0.15, 0.2) is 60.3 Å². The van der Waals surface area contributed by atoms with Crippen LogP contribution in [-0.2, 0) is 22.6 Å². The van der Waals surface area contributed by atoms with Crippen molar-refractivity contribution in [1.29, 1.82) is 5.26 Å². The van der Waals surface area contributed by atoms with Crippen LogP contribution in [0.1, 0.15) is 104 Å². The van der Waals surface area contributed by atoms with Crippen LogP contribution in [0, 0.1) is 22.6 Å². The molecule has 0 bridgehead atoms. The zero-order valence-electron chi connectivity index (χ0n) is 32.4. The summed E-state index contributed by atoms with van der Waals surface area (Å²) in [5.41, 5.74) is -5.63. The van der Waals surface area contributed by atoms with Gasteiger partial charge in [-0.25, -0.2) is 4.39 Å². The number of piperidine rings is 2. The predicted molar refractivity (Wildman–Crippen MR) is 203 cm³/mol. The second-order valence-electron chi connectivity index (χ2n) is 15.6. The summed E-state index contributed by atoms with van der Waals surface area (Å²) in [5, 5.41) is 21.9. The molecule has 1 aromatic carbocycles. The quantitative estimate of drug-likeness (QED) is 0.103. The third-order valence-electron chi connectivity index (χ3n) is 12.1. The molecule has 3 aromatic rings. The summed E-state index contributed by atoms with van der Waals surface area (Å²) < 4.78 is 111. The molecule has 9 nitrogen and oxygen atoms in total. The number of hydrogen-bond acceptors (Lipinski definition) is 8. The van der Waals surface area contributed by atoms with Crippen molar-refractivity contribution in [1.82, 2.24) is 14.8 Å². The normalized spacial score (nSPS) is 21.6. The number of hydrogen-bond donors (Lipinski definition) is 1. The Morgan fingerprint density at radius 1 is 1.03 bits per heavy atom. The van der Waals surface area contributed by atoms with Crippen molar-refractivity contribution in [2.24, 2.45) is 5.41 Å². The first-order chi connectivity index (χ1) is 27.9. The Hall–Kier alpha value is -4.85. The van der Waals surface area contributed by atoms with E-state index in [4.69, 9.17) is 9.47 Å². The van der Waals surface area contributed by atoms with E-state index in [0.717, 1.165) is 53.9 Å². The summed E-state index contributed by atoms with van der Waals surface area (Å²) in [4.78, 5) is 34.4. The molecule has 0 radical (unpaired) electrons. The molecule has 2 atom stereocenters. The molecular weight excluding hydrogens is 806 g/mol. The topological polar surface area (TPSA) is 116 Å². The number of pyridine rings is 1. The lowest BCUT2D eigenvalue weighted by Gasteiger charge is -2.51. The Morgan fingerprint density at radius 3 is 2.36 bits per heavy atom. The van der Waals surface area contributed by atoms with Gasteiger partial charge >= 0.3 is 12.4 Å². The predicted octanol–water partition coefficient (Wildman–Crippen LogP) is 10.0. The van der Waals surface area contributed by atoms with Crippen molar-refractivity contribution in [2.45, 2.75) is 107 Å². The number of carbonyl (C=O) groups is 2. The number of nitrogens with zero attached hydrogens (tertiary/aromatic N) is 4. The smallest absolute Gasteiger partial charge is 0.425 e. The maximum Gasteiger partial charge on any atom is 0.425 e. The Labute approximate surface area is 341 Å². The number of carbonyl (C=O) groups excluding carboxylic acids is 2. The molecule has 2 saturated heterocycles. The maximum atomic E-state index is 15.5. The van der Waals surface area contributed by atoms with Gasteiger partial charge in [-0.2, -0.15) is 31.6 Å². The standard InChI is InChI=1S/C42H45F7N4O5S/c1-3-9-32-40(58-28-24-33(59-25-28)42(47,48)49,16-7-20-53(32)36(55)34-29(41(44,45)46)11-5-19-51-34)37(56)52-21-17-39(26-50,18-22-52)30-10-4-12-31(43)35(30)57-23-8-15-38(27(2)54)13-6-14-38/h4-5,10-12,19,24-25,32,54H,2-3,6-9,13-18,20-23H2,1H3/t32-,40+/m1/s1. The van der Waals surface area contributed by atoms with Gasteiger partial charge in [-0.05, 0) is 69.6 Å². The molecule has 0 unspecified atom stereocenters. The first-order valence-corrected chi connectivity index (χ1v) is 20.5. The van der Waals surface area contributed by atoms with Gasteiger partial charge in [0.2, 0.25) is 5.60 Å². The molecule has 318 valence electrons. The molecule has 59 heavy (non-hydrogen) atoms. The zero-order valence-corrected chi connectivity index (χ0v) is 33.2. The highest BCUT2D eigenvalue weighted by Crippen LogP contribution is 2.50. The minimum Gasteiger partial charge on any atom is -0.512 e. The van der Waals surface area contributed by atoms with Crippen molar-refractivity contribution in [3.05, 3.63) is 87.8 Å². The highest BCUT2D eigenvalue weighted by molar-refractivity contribution is 7.10. The van der Waals surface area contributed by atoms with E-state index in [9.17, 15) is 41.5 Å².